The first kappa shape index (κ1) is 15.1. The lowest BCUT2D eigenvalue weighted by atomic mass is 9.95. The van der Waals surface area contributed by atoms with Crippen molar-refractivity contribution in [2.24, 2.45) is 0 Å². The number of hydrogen-bond acceptors (Lipinski definition) is 3. The van der Waals surface area contributed by atoms with Gasteiger partial charge < -0.3 is 4.74 Å². The predicted molar refractivity (Wildman–Crippen MR) is 65.8 cm³/mol. The first-order valence-corrected chi connectivity index (χ1v) is 6.03. The summed E-state index contributed by atoms with van der Waals surface area (Å²) in [5, 5.41) is 8.89. The Balaban J connectivity index is 3.18. The summed E-state index contributed by atoms with van der Waals surface area (Å²) in [5.74, 6) is -0.425. The number of halogens is 2. The normalized spacial score (nSPS) is 10.3. The third-order valence-electron chi connectivity index (χ3n) is 2.75. The van der Waals surface area contributed by atoms with E-state index in [0.29, 0.717) is 17.5 Å². The summed E-state index contributed by atoms with van der Waals surface area (Å²) in [5.41, 5.74) is 0.836. The molecule has 19 heavy (non-hydrogen) atoms. The van der Waals surface area contributed by atoms with Crippen molar-refractivity contribution < 1.29 is 18.3 Å². The quantitative estimate of drug-likeness (QED) is 0.770. The number of nitrogens with zero attached hydrogens (tertiary/aromatic N) is 1. The molecule has 1 rings (SSSR count). The van der Waals surface area contributed by atoms with Crippen molar-refractivity contribution in [2.45, 2.75) is 33.1 Å². The molecule has 102 valence electrons. The molecule has 0 aliphatic heterocycles. The lowest BCUT2D eigenvalue weighted by molar-refractivity contribution is -0.142. The summed E-state index contributed by atoms with van der Waals surface area (Å²) in [6.45, 7) is 3.77. The lowest BCUT2D eigenvalue weighted by Crippen LogP contribution is -2.10. The molecule has 0 N–H and O–H groups in total. The fourth-order valence-corrected chi connectivity index (χ4v) is 1.85. The molecule has 1 aromatic carbocycles. The molecule has 0 aliphatic carbocycles. The Kier molecular flexibility index (Phi) is 5.43. The number of aryl methyl sites for hydroxylation is 1. The van der Waals surface area contributed by atoms with Crippen LogP contribution in [0.5, 0.6) is 0 Å². The predicted octanol–water partition coefficient (Wildman–Crippen LogP) is 3.16. The smallest absolute Gasteiger partial charge is 0.310 e. The molecule has 0 heterocycles. The Labute approximate surface area is 110 Å². The van der Waals surface area contributed by atoms with Gasteiger partial charge in [0.1, 0.15) is 0 Å². The maximum absolute atomic E-state index is 12.8. The second-order valence-corrected chi connectivity index (χ2v) is 3.96. The molecule has 0 radical (unpaired) electrons. The van der Waals surface area contributed by atoms with Crippen molar-refractivity contribution in [1.29, 1.82) is 5.26 Å². The highest BCUT2D eigenvalue weighted by Gasteiger charge is 2.17. The summed E-state index contributed by atoms with van der Waals surface area (Å²) in [6, 6.07) is 4.40. The zero-order valence-electron chi connectivity index (χ0n) is 10.9. The minimum atomic E-state index is -2.70. The van der Waals surface area contributed by atoms with Crippen LogP contribution in [0.3, 0.4) is 0 Å². The fraction of sp³-hybridized carbons (Fsp3) is 0.429. The van der Waals surface area contributed by atoms with Crippen LogP contribution < -0.4 is 0 Å². The zero-order chi connectivity index (χ0) is 14.4. The Morgan fingerprint density at radius 3 is 2.53 bits per heavy atom. The molecule has 0 aliphatic rings. The van der Waals surface area contributed by atoms with Gasteiger partial charge in [-0.25, -0.2) is 8.78 Å². The van der Waals surface area contributed by atoms with Crippen LogP contribution in [0.15, 0.2) is 12.1 Å². The molecular formula is C14H15F2NO2. The Morgan fingerprint density at radius 1 is 1.37 bits per heavy atom. The van der Waals surface area contributed by atoms with Crippen LogP contribution in [0.1, 0.15) is 42.5 Å². The van der Waals surface area contributed by atoms with E-state index in [0.717, 1.165) is 0 Å². The first-order chi connectivity index (χ1) is 9.03. The van der Waals surface area contributed by atoms with E-state index in [2.05, 4.69) is 0 Å². The van der Waals surface area contributed by atoms with Gasteiger partial charge in [0.15, 0.2) is 0 Å². The second-order valence-electron chi connectivity index (χ2n) is 3.96. The average Bonchev–Trinajstić information content (AvgIpc) is 2.38. The van der Waals surface area contributed by atoms with Crippen LogP contribution in [0, 0.1) is 11.3 Å². The van der Waals surface area contributed by atoms with Gasteiger partial charge in [0.2, 0.25) is 0 Å². The van der Waals surface area contributed by atoms with Crippen molar-refractivity contribution in [3.05, 3.63) is 34.4 Å². The molecule has 0 amide bonds. The van der Waals surface area contributed by atoms with Crippen molar-refractivity contribution in [3.63, 3.8) is 0 Å². The maximum Gasteiger partial charge on any atom is 0.310 e. The standard InChI is InChI=1S/C14H15F2NO2/c1-3-9-6-12(14(15)16)11(8-17)5-10(9)7-13(18)19-4-2/h5-6,14H,3-4,7H2,1-2H3. The number of rotatable bonds is 5. The van der Waals surface area contributed by atoms with Gasteiger partial charge >= 0.3 is 5.97 Å². The van der Waals surface area contributed by atoms with E-state index >= 15 is 0 Å². The van der Waals surface area contributed by atoms with E-state index in [4.69, 9.17) is 10.00 Å². The van der Waals surface area contributed by atoms with Gasteiger partial charge in [0.25, 0.3) is 6.43 Å². The molecule has 0 spiro atoms. The van der Waals surface area contributed by atoms with Gasteiger partial charge in [-0.15, -0.1) is 0 Å². The third kappa shape index (κ3) is 3.75. The highest BCUT2D eigenvalue weighted by Crippen LogP contribution is 2.26. The van der Waals surface area contributed by atoms with Crippen molar-refractivity contribution >= 4 is 5.97 Å². The van der Waals surface area contributed by atoms with E-state index in [9.17, 15) is 13.6 Å². The summed E-state index contributed by atoms with van der Waals surface area (Å²) in [7, 11) is 0. The number of ether oxygens (including phenoxy) is 1. The topological polar surface area (TPSA) is 50.1 Å². The minimum absolute atomic E-state index is 0.00475. The van der Waals surface area contributed by atoms with Crippen LogP contribution in [0.2, 0.25) is 0 Å². The maximum atomic E-state index is 12.8. The van der Waals surface area contributed by atoms with Crippen LogP contribution in [0.4, 0.5) is 8.78 Å². The van der Waals surface area contributed by atoms with Crippen LogP contribution in [-0.4, -0.2) is 12.6 Å². The van der Waals surface area contributed by atoms with Crippen LogP contribution in [0.25, 0.3) is 0 Å². The fourth-order valence-electron chi connectivity index (χ4n) is 1.85. The lowest BCUT2D eigenvalue weighted by Gasteiger charge is -2.11. The highest BCUT2D eigenvalue weighted by molar-refractivity contribution is 5.73. The van der Waals surface area contributed by atoms with Gasteiger partial charge in [-0.2, -0.15) is 5.26 Å². The molecule has 1 aromatic rings. The minimum Gasteiger partial charge on any atom is -0.466 e. The summed E-state index contributed by atoms with van der Waals surface area (Å²) in [6.07, 6.45) is -2.19. The van der Waals surface area contributed by atoms with Gasteiger partial charge in [0.05, 0.1) is 24.7 Å². The molecular weight excluding hydrogens is 252 g/mol. The number of benzene rings is 1. The number of esters is 1. The van der Waals surface area contributed by atoms with Crippen molar-refractivity contribution in [3.8, 4) is 6.07 Å². The SMILES string of the molecule is CCOC(=O)Cc1cc(C#N)c(C(F)F)cc1CC. The van der Waals surface area contributed by atoms with Crippen LogP contribution >= 0.6 is 0 Å². The number of carbonyl (C=O) groups is 1. The molecule has 5 heteroatoms. The molecule has 0 bridgehead atoms. The molecule has 0 fully saturated rings. The van der Waals surface area contributed by atoms with E-state index in [-0.39, 0.29) is 24.2 Å². The van der Waals surface area contributed by atoms with Crippen molar-refractivity contribution in [1.82, 2.24) is 0 Å². The number of alkyl halides is 2. The Morgan fingerprint density at radius 2 is 2.05 bits per heavy atom. The molecule has 0 saturated heterocycles. The average molecular weight is 267 g/mol. The molecule has 3 nitrogen and oxygen atoms in total. The van der Waals surface area contributed by atoms with E-state index < -0.39 is 12.4 Å². The number of carbonyl (C=O) groups excluding carboxylic acids is 1. The highest BCUT2D eigenvalue weighted by atomic mass is 19.3. The number of nitriles is 1. The molecule has 0 atom stereocenters. The van der Waals surface area contributed by atoms with Gasteiger partial charge in [-0.3, -0.25) is 4.79 Å². The second kappa shape index (κ2) is 6.83. The summed E-state index contributed by atoms with van der Waals surface area (Å²) < 4.78 is 30.4. The Hall–Kier alpha value is -1.96. The van der Waals surface area contributed by atoms with E-state index in [1.165, 1.54) is 12.1 Å². The molecule has 0 unspecified atom stereocenters. The summed E-state index contributed by atoms with van der Waals surface area (Å²) in [4.78, 5) is 11.4. The van der Waals surface area contributed by atoms with Gasteiger partial charge in [0, 0.05) is 5.56 Å². The third-order valence-corrected chi connectivity index (χ3v) is 2.75. The zero-order valence-corrected chi connectivity index (χ0v) is 10.9. The van der Waals surface area contributed by atoms with E-state index in [1.54, 1.807) is 13.0 Å². The molecule has 0 aromatic heterocycles. The van der Waals surface area contributed by atoms with Crippen LogP contribution in [-0.2, 0) is 22.4 Å². The van der Waals surface area contributed by atoms with Crippen molar-refractivity contribution in [2.75, 3.05) is 6.61 Å². The molecule has 0 saturated carbocycles. The largest absolute Gasteiger partial charge is 0.466 e. The number of hydrogen-bond donors (Lipinski definition) is 0. The van der Waals surface area contributed by atoms with E-state index in [1.807, 2.05) is 6.92 Å². The monoisotopic (exact) mass is 267 g/mol. The summed E-state index contributed by atoms with van der Waals surface area (Å²) >= 11 is 0. The Bertz CT molecular complexity index is 507. The first-order valence-electron chi connectivity index (χ1n) is 6.03. The van der Waals surface area contributed by atoms with Gasteiger partial charge in [-0.1, -0.05) is 6.92 Å². The van der Waals surface area contributed by atoms with Gasteiger partial charge in [-0.05, 0) is 36.6 Å².